The van der Waals surface area contributed by atoms with Crippen molar-refractivity contribution in [3.63, 3.8) is 0 Å². The summed E-state index contributed by atoms with van der Waals surface area (Å²) in [5.41, 5.74) is 1.74. The first-order valence-electron chi connectivity index (χ1n) is 7.56. The second-order valence-electron chi connectivity index (χ2n) is 5.63. The Balaban J connectivity index is 1.85. The third-order valence-corrected chi connectivity index (χ3v) is 3.74. The van der Waals surface area contributed by atoms with Crippen LogP contribution >= 0.6 is 0 Å². The standard InChI is InChI=1S/C18H23NO4/c1-12(9-13-3-6-15(23-2)7-4-13)19-11-18(22)14-5-8-16(20)17(21)10-14/h3-8,10,12,18-22H,9,11H2,1-2H3/t12-,18+/m1/s1. The third kappa shape index (κ3) is 4.87. The molecule has 0 fully saturated rings. The van der Waals surface area contributed by atoms with Gasteiger partial charge in [-0.3, -0.25) is 0 Å². The highest BCUT2D eigenvalue weighted by molar-refractivity contribution is 5.41. The largest absolute Gasteiger partial charge is 0.504 e. The molecule has 23 heavy (non-hydrogen) atoms. The number of phenols is 2. The van der Waals surface area contributed by atoms with Crippen molar-refractivity contribution >= 4 is 0 Å². The molecule has 0 aliphatic rings. The number of hydrogen-bond donors (Lipinski definition) is 4. The maximum Gasteiger partial charge on any atom is 0.157 e. The normalized spacial score (nSPS) is 13.5. The lowest BCUT2D eigenvalue weighted by Gasteiger charge is -2.18. The lowest BCUT2D eigenvalue weighted by Crippen LogP contribution is -2.32. The van der Waals surface area contributed by atoms with Crippen LogP contribution in [0.4, 0.5) is 0 Å². The Kier molecular flexibility index (Phi) is 5.84. The molecular weight excluding hydrogens is 294 g/mol. The van der Waals surface area contributed by atoms with E-state index < -0.39 is 6.10 Å². The summed E-state index contributed by atoms with van der Waals surface area (Å²) >= 11 is 0. The van der Waals surface area contributed by atoms with Crippen LogP contribution in [0.1, 0.15) is 24.2 Å². The van der Waals surface area contributed by atoms with Crippen LogP contribution in [0, 0.1) is 0 Å². The quantitative estimate of drug-likeness (QED) is 0.589. The van der Waals surface area contributed by atoms with Crippen LogP contribution in [0.25, 0.3) is 0 Å². The molecule has 0 aromatic heterocycles. The Hall–Kier alpha value is -2.24. The average Bonchev–Trinajstić information content (AvgIpc) is 2.56. The first-order chi connectivity index (χ1) is 11.0. The molecule has 0 saturated carbocycles. The summed E-state index contributed by atoms with van der Waals surface area (Å²) in [5, 5.41) is 32.2. The average molecular weight is 317 g/mol. The summed E-state index contributed by atoms with van der Waals surface area (Å²) in [4.78, 5) is 0. The maximum absolute atomic E-state index is 10.1. The van der Waals surface area contributed by atoms with E-state index in [-0.39, 0.29) is 17.5 Å². The highest BCUT2D eigenvalue weighted by Crippen LogP contribution is 2.27. The fourth-order valence-electron chi connectivity index (χ4n) is 2.37. The Morgan fingerprint density at radius 1 is 1.04 bits per heavy atom. The fourth-order valence-corrected chi connectivity index (χ4v) is 2.37. The van der Waals surface area contributed by atoms with E-state index in [1.165, 1.54) is 17.7 Å². The topological polar surface area (TPSA) is 82.0 Å². The van der Waals surface area contributed by atoms with Crippen molar-refractivity contribution in [2.75, 3.05) is 13.7 Å². The molecule has 0 amide bonds. The molecule has 2 rings (SSSR count). The monoisotopic (exact) mass is 317 g/mol. The van der Waals surface area contributed by atoms with Crippen molar-refractivity contribution in [1.29, 1.82) is 0 Å². The molecule has 0 unspecified atom stereocenters. The van der Waals surface area contributed by atoms with E-state index in [2.05, 4.69) is 5.32 Å². The van der Waals surface area contributed by atoms with Crippen molar-refractivity contribution in [3.8, 4) is 17.2 Å². The minimum atomic E-state index is -0.750. The summed E-state index contributed by atoms with van der Waals surface area (Å²) in [6, 6.07) is 12.4. The molecule has 0 saturated heterocycles. The summed E-state index contributed by atoms with van der Waals surface area (Å²) in [7, 11) is 1.64. The van der Waals surface area contributed by atoms with Crippen LogP contribution in [0.5, 0.6) is 17.2 Å². The number of aromatic hydroxyl groups is 2. The first kappa shape index (κ1) is 17.1. The number of benzene rings is 2. The molecule has 5 nitrogen and oxygen atoms in total. The molecule has 0 radical (unpaired) electrons. The predicted molar refractivity (Wildman–Crippen MR) is 88.9 cm³/mol. The number of phenolic OH excluding ortho intramolecular Hbond substituents is 2. The molecule has 5 heteroatoms. The van der Waals surface area contributed by atoms with E-state index in [9.17, 15) is 15.3 Å². The molecule has 2 atom stereocenters. The Morgan fingerprint density at radius 2 is 1.74 bits per heavy atom. The molecule has 0 aliphatic carbocycles. The molecule has 2 aromatic carbocycles. The Morgan fingerprint density at radius 3 is 2.35 bits per heavy atom. The number of nitrogens with one attached hydrogen (secondary N) is 1. The molecule has 4 N–H and O–H groups in total. The second-order valence-corrected chi connectivity index (χ2v) is 5.63. The second kappa shape index (κ2) is 7.85. The lowest BCUT2D eigenvalue weighted by molar-refractivity contribution is 0.170. The van der Waals surface area contributed by atoms with Crippen molar-refractivity contribution in [1.82, 2.24) is 5.32 Å². The smallest absolute Gasteiger partial charge is 0.157 e. The van der Waals surface area contributed by atoms with E-state index in [0.717, 1.165) is 12.2 Å². The van der Waals surface area contributed by atoms with Gasteiger partial charge in [0.25, 0.3) is 0 Å². The highest BCUT2D eigenvalue weighted by Gasteiger charge is 2.12. The number of aliphatic hydroxyl groups is 1. The number of methoxy groups -OCH3 is 1. The van der Waals surface area contributed by atoms with Crippen molar-refractivity contribution < 1.29 is 20.1 Å². The van der Waals surface area contributed by atoms with Gasteiger partial charge in [0.15, 0.2) is 11.5 Å². The SMILES string of the molecule is COc1ccc(C[C@@H](C)NC[C@H](O)c2ccc(O)c(O)c2)cc1. The zero-order valence-corrected chi connectivity index (χ0v) is 13.4. The molecule has 0 aliphatic heterocycles. The Bertz CT molecular complexity index is 627. The fraction of sp³-hybridized carbons (Fsp3) is 0.333. The van der Waals surface area contributed by atoms with Gasteiger partial charge in [-0.25, -0.2) is 0 Å². The van der Waals surface area contributed by atoms with Gasteiger partial charge in [0, 0.05) is 12.6 Å². The van der Waals surface area contributed by atoms with Crippen LogP contribution in [0.15, 0.2) is 42.5 Å². The lowest BCUT2D eigenvalue weighted by atomic mass is 10.1. The van der Waals surface area contributed by atoms with Gasteiger partial charge in [-0.1, -0.05) is 18.2 Å². The van der Waals surface area contributed by atoms with Crippen LogP contribution in [0.3, 0.4) is 0 Å². The van der Waals surface area contributed by atoms with Crippen LogP contribution in [-0.2, 0) is 6.42 Å². The van der Waals surface area contributed by atoms with E-state index in [1.54, 1.807) is 13.2 Å². The molecule has 0 bridgehead atoms. The summed E-state index contributed by atoms with van der Waals surface area (Å²) in [5.74, 6) is 0.409. The number of ether oxygens (including phenoxy) is 1. The zero-order chi connectivity index (χ0) is 16.8. The van der Waals surface area contributed by atoms with Gasteiger partial charge in [0.2, 0.25) is 0 Å². The van der Waals surface area contributed by atoms with Gasteiger partial charge >= 0.3 is 0 Å². The van der Waals surface area contributed by atoms with Crippen molar-refractivity contribution in [2.45, 2.75) is 25.5 Å². The molecule has 2 aromatic rings. The molecular formula is C18H23NO4. The minimum Gasteiger partial charge on any atom is -0.504 e. The van der Waals surface area contributed by atoms with Crippen LogP contribution in [0.2, 0.25) is 0 Å². The molecule has 124 valence electrons. The van der Waals surface area contributed by atoms with Gasteiger partial charge < -0.3 is 25.4 Å². The van der Waals surface area contributed by atoms with E-state index in [1.807, 2.05) is 31.2 Å². The van der Waals surface area contributed by atoms with E-state index >= 15 is 0 Å². The molecule has 0 spiro atoms. The van der Waals surface area contributed by atoms with E-state index in [0.29, 0.717) is 12.1 Å². The van der Waals surface area contributed by atoms with Crippen molar-refractivity contribution in [3.05, 3.63) is 53.6 Å². The van der Waals surface area contributed by atoms with E-state index in [4.69, 9.17) is 4.74 Å². The summed E-state index contributed by atoms with van der Waals surface area (Å²) in [6.45, 7) is 2.41. The van der Waals surface area contributed by atoms with Crippen LogP contribution in [-0.4, -0.2) is 35.0 Å². The van der Waals surface area contributed by atoms with Gasteiger partial charge in [0.1, 0.15) is 5.75 Å². The predicted octanol–water partition coefficient (Wildman–Crippen LogP) is 2.36. The number of aliphatic hydroxyl groups excluding tert-OH is 1. The zero-order valence-electron chi connectivity index (χ0n) is 13.4. The Labute approximate surface area is 136 Å². The summed E-state index contributed by atoms with van der Waals surface area (Å²) in [6.07, 6.45) is 0.0807. The van der Waals surface area contributed by atoms with Crippen LogP contribution < -0.4 is 10.1 Å². The minimum absolute atomic E-state index is 0.184. The van der Waals surface area contributed by atoms with Gasteiger partial charge in [-0.15, -0.1) is 0 Å². The number of hydrogen-bond acceptors (Lipinski definition) is 5. The number of rotatable bonds is 7. The maximum atomic E-state index is 10.1. The van der Waals surface area contributed by atoms with Gasteiger partial charge in [0.05, 0.1) is 13.2 Å². The highest BCUT2D eigenvalue weighted by atomic mass is 16.5. The van der Waals surface area contributed by atoms with Gasteiger partial charge in [-0.05, 0) is 48.7 Å². The summed E-state index contributed by atoms with van der Waals surface area (Å²) < 4.78 is 5.13. The first-order valence-corrected chi connectivity index (χ1v) is 7.56. The third-order valence-electron chi connectivity index (χ3n) is 3.74. The molecule has 0 heterocycles. The van der Waals surface area contributed by atoms with Gasteiger partial charge in [-0.2, -0.15) is 0 Å². The van der Waals surface area contributed by atoms with Crippen molar-refractivity contribution in [2.24, 2.45) is 0 Å².